The molecule has 1 saturated carbocycles. The van der Waals surface area contributed by atoms with Crippen molar-refractivity contribution in [2.45, 2.75) is 97.5 Å². The summed E-state index contributed by atoms with van der Waals surface area (Å²) < 4.78 is 12.1. The van der Waals surface area contributed by atoms with Gasteiger partial charge in [0.25, 0.3) is 0 Å². The maximum Gasteiger partial charge on any atom is 0.234 e. The van der Waals surface area contributed by atoms with Gasteiger partial charge in [-0.05, 0) is 70.9 Å². The Hall–Kier alpha value is -0.770. The van der Waals surface area contributed by atoms with Crippen LogP contribution in [-0.4, -0.2) is 124 Å². The molecule has 38 heavy (non-hydrogen) atoms. The summed E-state index contributed by atoms with van der Waals surface area (Å²) in [6.07, 6.45) is 7.82. The molecule has 2 N–H and O–H groups in total. The van der Waals surface area contributed by atoms with Gasteiger partial charge in [0.15, 0.2) is 0 Å². The molecule has 2 heterocycles. The molecule has 2 atom stereocenters. The molecule has 3 rings (SSSR count). The summed E-state index contributed by atoms with van der Waals surface area (Å²) in [4.78, 5) is 19.9. The lowest BCUT2D eigenvalue weighted by Crippen LogP contribution is -2.54. The molecular weight excluding hydrogens is 478 g/mol. The molecule has 0 bridgehead atoms. The smallest absolute Gasteiger partial charge is 0.234 e. The monoisotopic (exact) mass is 537 g/mol. The first-order valence-electron chi connectivity index (χ1n) is 15.8. The summed E-state index contributed by atoms with van der Waals surface area (Å²) in [5.74, 6) is 1.71. The summed E-state index contributed by atoms with van der Waals surface area (Å²) in [5, 5.41) is 6.77. The number of amides is 1. The van der Waals surface area contributed by atoms with Crippen molar-refractivity contribution < 1.29 is 14.3 Å². The van der Waals surface area contributed by atoms with Gasteiger partial charge >= 0.3 is 0 Å². The first-order valence-corrected chi connectivity index (χ1v) is 15.8. The number of nitrogens with zero attached hydrogens (tertiary/aromatic N) is 3. The normalized spacial score (nSPS) is 25.8. The first kappa shape index (κ1) is 31.8. The molecule has 2 saturated heterocycles. The Kier molecular flexibility index (Phi) is 14.3. The molecule has 2 aliphatic heterocycles. The number of carbonyl (C=O) groups excluding carboxylic acids is 1. The fourth-order valence-corrected chi connectivity index (χ4v) is 6.19. The number of piperazine rings is 1. The summed E-state index contributed by atoms with van der Waals surface area (Å²) in [7, 11) is 0. The fraction of sp³-hybridized carbons (Fsp3) is 0.967. The number of carbonyl (C=O) groups is 1. The number of ether oxygens (including phenoxy) is 2. The molecular formula is C30H59N5O3. The van der Waals surface area contributed by atoms with Gasteiger partial charge in [-0.15, -0.1) is 0 Å². The van der Waals surface area contributed by atoms with Crippen LogP contribution in [0.1, 0.15) is 73.1 Å². The average molecular weight is 538 g/mol. The number of rotatable bonds is 17. The highest BCUT2D eigenvalue weighted by molar-refractivity contribution is 5.78. The van der Waals surface area contributed by atoms with Gasteiger partial charge in [0, 0.05) is 58.4 Å². The van der Waals surface area contributed by atoms with E-state index in [0.29, 0.717) is 24.9 Å². The van der Waals surface area contributed by atoms with Crippen molar-refractivity contribution in [3.8, 4) is 0 Å². The highest BCUT2D eigenvalue weighted by Crippen LogP contribution is 2.28. The largest absolute Gasteiger partial charge is 0.377 e. The Bertz CT molecular complexity index is 644. The third kappa shape index (κ3) is 11.8. The number of likely N-dealkylation sites (tertiary alicyclic amines) is 1. The zero-order valence-electron chi connectivity index (χ0n) is 25.3. The molecule has 0 radical (unpaired) electrons. The van der Waals surface area contributed by atoms with Crippen LogP contribution >= 0.6 is 0 Å². The lowest BCUT2D eigenvalue weighted by Gasteiger charge is -2.41. The van der Waals surface area contributed by atoms with E-state index in [-0.39, 0.29) is 11.9 Å². The van der Waals surface area contributed by atoms with Crippen LogP contribution in [0.25, 0.3) is 0 Å². The Labute approximate surface area is 233 Å². The van der Waals surface area contributed by atoms with E-state index in [9.17, 15) is 4.79 Å². The van der Waals surface area contributed by atoms with Crippen LogP contribution in [0.4, 0.5) is 0 Å². The van der Waals surface area contributed by atoms with Gasteiger partial charge in [0.05, 0.1) is 31.5 Å². The van der Waals surface area contributed by atoms with Gasteiger partial charge in [-0.2, -0.15) is 0 Å². The molecule has 0 aromatic carbocycles. The number of piperidine rings is 1. The minimum absolute atomic E-state index is 0.170. The maximum absolute atomic E-state index is 12.6. The highest BCUT2D eigenvalue weighted by atomic mass is 16.5. The Morgan fingerprint density at radius 2 is 1.61 bits per heavy atom. The van der Waals surface area contributed by atoms with Crippen molar-refractivity contribution in [3.05, 3.63) is 0 Å². The van der Waals surface area contributed by atoms with Crippen molar-refractivity contribution >= 4 is 5.91 Å². The van der Waals surface area contributed by atoms with Gasteiger partial charge < -0.3 is 25.0 Å². The van der Waals surface area contributed by atoms with Crippen LogP contribution < -0.4 is 10.6 Å². The standard InChI is InChI=1S/C30H59N5O3/c1-6-26(21-31-7-2)18-25(5)22-34-10-8-28(9-11-34)38-29-19-27(20-29)32-30(36)23-35-14-12-33(13-15-35)16-17-37-24(3)4/h24-29,31H,6-23H2,1-5H3,(H,32,36). The van der Waals surface area contributed by atoms with Crippen LogP contribution in [0, 0.1) is 11.8 Å². The van der Waals surface area contributed by atoms with Crippen molar-refractivity contribution in [2.24, 2.45) is 11.8 Å². The topological polar surface area (TPSA) is 69.3 Å². The van der Waals surface area contributed by atoms with E-state index in [4.69, 9.17) is 9.47 Å². The molecule has 8 nitrogen and oxygen atoms in total. The Morgan fingerprint density at radius 3 is 2.24 bits per heavy atom. The first-order chi connectivity index (χ1) is 18.3. The third-order valence-corrected chi connectivity index (χ3v) is 8.64. The molecule has 0 spiro atoms. The maximum atomic E-state index is 12.6. The van der Waals surface area contributed by atoms with Crippen molar-refractivity contribution in [3.63, 3.8) is 0 Å². The van der Waals surface area contributed by atoms with Crippen LogP contribution in [0.3, 0.4) is 0 Å². The Morgan fingerprint density at radius 1 is 0.921 bits per heavy atom. The Balaban J connectivity index is 1.20. The zero-order chi connectivity index (χ0) is 27.3. The fourth-order valence-electron chi connectivity index (χ4n) is 6.19. The average Bonchev–Trinajstić information content (AvgIpc) is 2.87. The van der Waals surface area contributed by atoms with Gasteiger partial charge in [-0.3, -0.25) is 14.6 Å². The van der Waals surface area contributed by atoms with Gasteiger partial charge in [0.1, 0.15) is 0 Å². The van der Waals surface area contributed by atoms with Crippen LogP contribution in [0.5, 0.6) is 0 Å². The molecule has 8 heteroatoms. The minimum atomic E-state index is 0.170. The van der Waals surface area contributed by atoms with Crippen molar-refractivity contribution in [1.29, 1.82) is 0 Å². The molecule has 222 valence electrons. The van der Waals surface area contributed by atoms with Crippen molar-refractivity contribution in [2.75, 3.05) is 78.6 Å². The van der Waals surface area contributed by atoms with Crippen LogP contribution in [-0.2, 0) is 14.3 Å². The van der Waals surface area contributed by atoms with E-state index in [1.807, 2.05) is 0 Å². The molecule has 0 aromatic heterocycles. The summed E-state index contributed by atoms with van der Waals surface area (Å²) in [5.41, 5.74) is 0. The van der Waals surface area contributed by atoms with E-state index in [2.05, 4.69) is 60.0 Å². The second kappa shape index (κ2) is 17.1. The summed E-state index contributed by atoms with van der Waals surface area (Å²) in [6.45, 7) is 23.1. The third-order valence-electron chi connectivity index (χ3n) is 8.64. The van der Waals surface area contributed by atoms with E-state index in [1.165, 1.54) is 19.4 Å². The predicted molar refractivity (Wildman–Crippen MR) is 156 cm³/mol. The summed E-state index contributed by atoms with van der Waals surface area (Å²) >= 11 is 0. The zero-order valence-corrected chi connectivity index (χ0v) is 25.3. The molecule has 3 fully saturated rings. The molecule has 1 amide bonds. The lowest BCUT2D eigenvalue weighted by molar-refractivity contribution is -0.127. The van der Waals surface area contributed by atoms with Crippen LogP contribution in [0.15, 0.2) is 0 Å². The predicted octanol–water partition coefficient (Wildman–Crippen LogP) is 2.82. The number of nitrogens with one attached hydrogen (secondary N) is 2. The minimum Gasteiger partial charge on any atom is -0.377 e. The van der Waals surface area contributed by atoms with E-state index >= 15 is 0 Å². The van der Waals surface area contributed by atoms with Crippen LogP contribution in [0.2, 0.25) is 0 Å². The summed E-state index contributed by atoms with van der Waals surface area (Å²) in [6, 6.07) is 0.289. The highest BCUT2D eigenvalue weighted by Gasteiger charge is 2.34. The second-order valence-electron chi connectivity index (χ2n) is 12.5. The van der Waals surface area contributed by atoms with E-state index in [1.54, 1.807) is 0 Å². The van der Waals surface area contributed by atoms with E-state index in [0.717, 1.165) is 103 Å². The second-order valence-corrected chi connectivity index (χ2v) is 12.5. The van der Waals surface area contributed by atoms with Crippen molar-refractivity contribution in [1.82, 2.24) is 25.3 Å². The molecule has 1 aliphatic carbocycles. The van der Waals surface area contributed by atoms with Gasteiger partial charge in [-0.1, -0.05) is 27.2 Å². The quantitative estimate of drug-likeness (QED) is 0.296. The molecule has 2 unspecified atom stereocenters. The molecule has 0 aromatic rings. The number of hydrogen-bond donors (Lipinski definition) is 2. The molecule has 3 aliphatic rings. The van der Waals surface area contributed by atoms with E-state index < -0.39 is 0 Å². The van der Waals surface area contributed by atoms with Gasteiger partial charge in [0.2, 0.25) is 5.91 Å². The lowest BCUT2D eigenvalue weighted by atomic mass is 9.88. The number of hydrogen-bond acceptors (Lipinski definition) is 7. The SMILES string of the molecule is CCNCC(CC)CC(C)CN1CCC(OC2CC(NC(=O)CN3CCN(CCOC(C)C)CC3)C2)CC1. The van der Waals surface area contributed by atoms with Gasteiger partial charge in [-0.25, -0.2) is 0 Å².